The average molecular weight is 544 g/mol. The highest BCUT2D eigenvalue weighted by atomic mass is 32.2. The number of hydrogen-bond donors (Lipinski definition) is 2. The summed E-state index contributed by atoms with van der Waals surface area (Å²) >= 11 is 0. The molecule has 0 atom stereocenters. The molecule has 0 bridgehead atoms. The smallest absolute Gasteiger partial charge is 0.240 e. The Morgan fingerprint density at radius 2 is 1.05 bits per heavy atom. The van der Waals surface area contributed by atoms with Gasteiger partial charge in [0.05, 0.1) is 9.79 Å². The topological polar surface area (TPSA) is 95.6 Å². The van der Waals surface area contributed by atoms with Crippen molar-refractivity contribution in [3.63, 3.8) is 0 Å². The molecule has 2 N–H and O–H groups in total. The van der Waals surface area contributed by atoms with E-state index in [4.69, 9.17) is 0 Å². The Bertz CT molecular complexity index is 1310. The number of aryl methyl sites for hydroxylation is 2. The van der Waals surface area contributed by atoms with Gasteiger partial charge in [-0.1, -0.05) is 65.7 Å². The molecule has 3 rings (SSSR count). The van der Waals surface area contributed by atoms with Crippen LogP contribution in [0.3, 0.4) is 0 Å². The molecular weight excluding hydrogens is 506 g/mol. The maximum atomic E-state index is 12.5. The Hall–Kier alpha value is -2.56. The second kappa shape index (κ2) is 13.8. The van der Waals surface area contributed by atoms with Crippen molar-refractivity contribution in [2.45, 2.75) is 49.4 Å². The van der Waals surface area contributed by atoms with Crippen molar-refractivity contribution >= 4 is 20.0 Å². The van der Waals surface area contributed by atoms with E-state index in [0.29, 0.717) is 25.9 Å². The van der Waals surface area contributed by atoms with E-state index < -0.39 is 20.0 Å². The molecule has 0 unspecified atom stereocenters. The number of benzene rings is 3. The zero-order chi connectivity index (χ0) is 26.7. The minimum atomic E-state index is -3.53. The normalized spacial score (nSPS) is 12.2. The summed E-state index contributed by atoms with van der Waals surface area (Å²) < 4.78 is 55.4. The lowest BCUT2D eigenvalue weighted by Crippen LogP contribution is -2.31. The summed E-state index contributed by atoms with van der Waals surface area (Å²) in [4.78, 5) is 2.83. The summed E-state index contributed by atoms with van der Waals surface area (Å²) in [5.74, 6) is 0. The third-order valence-corrected chi connectivity index (χ3v) is 9.00. The molecule has 0 saturated carbocycles. The number of sulfonamides is 2. The van der Waals surface area contributed by atoms with Gasteiger partial charge in [0.1, 0.15) is 0 Å². The monoisotopic (exact) mass is 543 g/mol. The summed E-state index contributed by atoms with van der Waals surface area (Å²) in [6.07, 6.45) is 2.19. The zero-order valence-corrected chi connectivity index (χ0v) is 23.2. The molecular formula is C28H37N3O4S2. The first-order chi connectivity index (χ1) is 17.7. The molecule has 0 saturated heterocycles. The van der Waals surface area contributed by atoms with Gasteiger partial charge < -0.3 is 0 Å². The standard InChI is InChI=1S/C28H37N3O4S2/c1-24-11-15-27(16-12-24)36(32,33)29-19-6-7-21-31(23-26-9-4-3-5-10-26)22-8-20-30-37(34,35)28-17-13-25(2)14-18-28/h3-5,9-18,29-30H,6-8,19-23H2,1-2H3. The van der Waals surface area contributed by atoms with Crippen LogP contribution in [-0.2, 0) is 26.6 Å². The van der Waals surface area contributed by atoms with Gasteiger partial charge in [0.25, 0.3) is 0 Å². The first-order valence-electron chi connectivity index (χ1n) is 12.5. The highest BCUT2D eigenvalue weighted by Gasteiger charge is 2.15. The summed E-state index contributed by atoms with van der Waals surface area (Å²) in [7, 11) is -7.04. The molecule has 0 heterocycles. The predicted octanol–water partition coefficient (Wildman–Crippen LogP) is 4.23. The van der Waals surface area contributed by atoms with Crippen LogP contribution in [0.2, 0.25) is 0 Å². The molecule has 0 aliphatic rings. The van der Waals surface area contributed by atoms with Gasteiger partial charge in [-0.25, -0.2) is 26.3 Å². The van der Waals surface area contributed by atoms with Gasteiger partial charge in [-0.3, -0.25) is 4.90 Å². The van der Waals surface area contributed by atoms with Crippen molar-refractivity contribution in [1.82, 2.24) is 14.3 Å². The molecule has 0 aromatic heterocycles. The molecule has 37 heavy (non-hydrogen) atoms. The van der Waals surface area contributed by atoms with Crippen LogP contribution in [0, 0.1) is 13.8 Å². The molecule has 0 amide bonds. The Labute approximate surface area is 222 Å². The van der Waals surface area contributed by atoms with Gasteiger partial charge in [-0.05, 0) is 76.0 Å². The predicted molar refractivity (Wildman–Crippen MR) is 148 cm³/mol. The Morgan fingerprint density at radius 3 is 1.57 bits per heavy atom. The number of unbranched alkanes of at least 4 members (excludes halogenated alkanes) is 1. The third-order valence-electron chi connectivity index (χ3n) is 6.05. The Kier molecular flexibility index (Phi) is 10.8. The fraction of sp³-hybridized carbons (Fsp3) is 0.357. The van der Waals surface area contributed by atoms with Crippen molar-refractivity contribution in [3.05, 3.63) is 95.6 Å². The summed E-state index contributed by atoms with van der Waals surface area (Å²) in [5, 5.41) is 0. The van der Waals surface area contributed by atoms with Crippen LogP contribution < -0.4 is 9.44 Å². The van der Waals surface area contributed by atoms with E-state index in [9.17, 15) is 16.8 Å². The SMILES string of the molecule is Cc1ccc(S(=O)(=O)NCCCCN(CCCNS(=O)(=O)c2ccc(C)cc2)Cc2ccccc2)cc1. The Morgan fingerprint density at radius 1 is 0.595 bits per heavy atom. The molecule has 3 aromatic carbocycles. The summed E-state index contributed by atoms with van der Waals surface area (Å²) in [5.41, 5.74) is 3.21. The summed E-state index contributed by atoms with van der Waals surface area (Å²) in [6, 6.07) is 23.8. The highest BCUT2D eigenvalue weighted by Crippen LogP contribution is 2.12. The van der Waals surface area contributed by atoms with E-state index >= 15 is 0 Å². The van der Waals surface area contributed by atoms with Crippen LogP contribution >= 0.6 is 0 Å². The lowest BCUT2D eigenvalue weighted by atomic mass is 10.2. The fourth-order valence-corrected chi connectivity index (χ4v) is 6.04. The lowest BCUT2D eigenvalue weighted by Gasteiger charge is -2.22. The first-order valence-corrected chi connectivity index (χ1v) is 15.5. The van der Waals surface area contributed by atoms with E-state index in [1.807, 2.05) is 32.0 Å². The maximum Gasteiger partial charge on any atom is 0.240 e. The first kappa shape index (κ1) is 29.0. The van der Waals surface area contributed by atoms with Crippen LogP contribution in [0.4, 0.5) is 0 Å². The van der Waals surface area contributed by atoms with Crippen LogP contribution in [-0.4, -0.2) is 47.9 Å². The molecule has 7 nitrogen and oxygen atoms in total. The van der Waals surface area contributed by atoms with E-state index in [2.05, 4.69) is 26.5 Å². The number of hydrogen-bond acceptors (Lipinski definition) is 5. The highest BCUT2D eigenvalue weighted by molar-refractivity contribution is 7.89. The number of nitrogens with one attached hydrogen (secondary N) is 2. The van der Waals surface area contributed by atoms with Crippen molar-refractivity contribution in [1.29, 1.82) is 0 Å². The molecule has 9 heteroatoms. The molecule has 0 spiro atoms. The molecule has 0 aliphatic carbocycles. The molecule has 200 valence electrons. The minimum Gasteiger partial charge on any atom is -0.299 e. The zero-order valence-electron chi connectivity index (χ0n) is 21.6. The van der Waals surface area contributed by atoms with Gasteiger partial charge in [0.2, 0.25) is 20.0 Å². The van der Waals surface area contributed by atoms with Gasteiger partial charge in [0, 0.05) is 19.6 Å². The lowest BCUT2D eigenvalue weighted by molar-refractivity contribution is 0.257. The van der Waals surface area contributed by atoms with Gasteiger partial charge in [-0.2, -0.15) is 0 Å². The number of rotatable bonds is 15. The van der Waals surface area contributed by atoms with Crippen molar-refractivity contribution in [2.75, 3.05) is 26.2 Å². The van der Waals surface area contributed by atoms with Crippen molar-refractivity contribution in [2.24, 2.45) is 0 Å². The van der Waals surface area contributed by atoms with Gasteiger partial charge in [-0.15, -0.1) is 0 Å². The second-order valence-electron chi connectivity index (χ2n) is 9.24. The van der Waals surface area contributed by atoms with E-state index in [0.717, 1.165) is 37.2 Å². The van der Waals surface area contributed by atoms with Crippen molar-refractivity contribution in [3.8, 4) is 0 Å². The van der Waals surface area contributed by atoms with Crippen LogP contribution in [0.1, 0.15) is 36.0 Å². The fourth-order valence-electron chi connectivity index (χ4n) is 3.89. The van der Waals surface area contributed by atoms with Crippen LogP contribution in [0.25, 0.3) is 0 Å². The van der Waals surface area contributed by atoms with Crippen LogP contribution in [0.15, 0.2) is 88.7 Å². The van der Waals surface area contributed by atoms with E-state index in [1.165, 1.54) is 5.56 Å². The molecule has 0 fully saturated rings. The largest absolute Gasteiger partial charge is 0.299 e. The van der Waals surface area contributed by atoms with E-state index in [-0.39, 0.29) is 9.79 Å². The summed E-state index contributed by atoms with van der Waals surface area (Å²) in [6.45, 7) is 6.81. The third kappa shape index (κ3) is 9.68. The van der Waals surface area contributed by atoms with Crippen LogP contribution in [0.5, 0.6) is 0 Å². The quantitative estimate of drug-likeness (QED) is 0.280. The number of nitrogens with zero attached hydrogens (tertiary/aromatic N) is 1. The van der Waals surface area contributed by atoms with Gasteiger partial charge in [0.15, 0.2) is 0 Å². The van der Waals surface area contributed by atoms with E-state index in [1.54, 1.807) is 48.5 Å². The molecule has 0 radical (unpaired) electrons. The molecule has 3 aromatic rings. The maximum absolute atomic E-state index is 12.5. The minimum absolute atomic E-state index is 0.271. The Balaban J connectivity index is 1.47. The average Bonchev–Trinajstić information content (AvgIpc) is 2.87. The van der Waals surface area contributed by atoms with Crippen molar-refractivity contribution < 1.29 is 16.8 Å². The molecule has 0 aliphatic heterocycles. The second-order valence-corrected chi connectivity index (χ2v) is 12.8. The van der Waals surface area contributed by atoms with Gasteiger partial charge >= 0.3 is 0 Å².